The lowest BCUT2D eigenvalue weighted by Gasteiger charge is -2.19. The summed E-state index contributed by atoms with van der Waals surface area (Å²) in [5, 5.41) is 0. The van der Waals surface area contributed by atoms with Crippen molar-refractivity contribution in [1.82, 2.24) is 0 Å². The normalized spacial score (nSPS) is 15.4. The van der Waals surface area contributed by atoms with Crippen LogP contribution in [0.4, 0.5) is 0 Å². The molecule has 0 amide bonds. The molecular weight excluding hydrogens is 156 g/mol. The third-order valence-electron chi connectivity index (χ3n) is 3.07. The molecule has 0 heteroatoms. The summed E-state index contributed by atoms with van der Waals surface area (Å²) in [5.74, 6) is 1.63. The quantitative estimate of drug-likeness (QED) is 0.496. The van der Waals surface area contributed by atoms with Crippen LogP contribution >= 0.6 is 0 Å². The second-order valence-corrected chi connectivity index (χ2v) is 4.40. The zero-order valence-electron chi connectivity index (χ0n) is 9.90. The highest BCUT2D eigenvalue weighted by molar-refractivity contribution is 4.94. The van der Waals surface area contributed by atoms with Crippen molar-refractivity contribution in [2.75, 3.05) is 0 Å². The predicted octanol–water partition coefficient (Wildman–Crippen LogP) is 4.81. The van der Waals surface area contributed by atoms with E-state index < -0.39 is 0 Å². The van der Waals surface area contributed by atoms with E-state index in [0.717, 1.165) is 5.92 Å². The highest BCUT2D eigenvalue weighted by atomic mass is 14.2. The Morgan fingerprint density at radius 3 is 2.31 bits per heavy atom. The number of allylic oxidation sites excluding steroid dienone is 1. The lowest BCUT2D eigenvalue weighted by Crippen LogP contribution is -2.06. The van der Waals surface area contributed by atoms with Crippen LogP contribution in [0.15, 0.2) is 12.2 Å². The Morgan fingerprint density at radius 1 is 1.31 bits per heavy atom. The lowest BCUT2D eigenvalue weighted by molar-refractivity contribution is 0.376. The van der Waals surface area contributed by atoms with Crippen molar-refractivity contribution in [3.8, 4) is 0 Å². The van der Waals surface area contributed by atoms with Gasteiger partial charge >= 0.3 is 0 Å². The molecule has 0 bridgehead atoms. The fourth-order valence-electron chi connectivity index (χ4n) is 1.68. The minimum atomic E-state index is 0.710. The maximum Gasteiger partial charge on any atom is -0.0234 e. The molecule has 78 valence electrons. The molecule has 0 aliphatic carbocycles. The summed E-state index contributed by atoms with van der Waals surface area (Å²) >= 11 is 0. The van der Waals surface area contributed by atoms with Crippen LogP contribution in [-0.2, 0) is 0 Å². The van der Waals surface area contributed by atoms with Crippen LogP contribution in [0, 0.1) is 11.8 Å². The van der Waals surface area contributed by atoms with Crippen LogP contribution in [0.5, 0.6) is 0 Å². The van der Waals surface area contributed by atoms with Gasteiger partial charge in [-0.1, -0.05) is 58.6 Å². The molecule has 0 saturated heterocycles. The Morgan fingerprint density at radius 2 is 1.92 bits per heavy atom. The van der Waals surface area contributed by atoms with Crippen molar-refractivity contribution in [3.63, 3.8) is 0 Å². The summed E-state index contributed by atoms with van der Waals surface area (Å²) < 4.78 is 0. The Hall–Kier alpha value is -0.260. The SMILES string of the molecule is C=C(C)C(C)CC(CC)CCCC. The molecule has 0 spiro atoms. The minimum absolute atomic E-state index is 0.710. The van der Waals surface area contributed by atoms with Gasteiger partial charge in [0.2, 0.25) is 0 Å². The largest absolute Gasteiger partial charge is 0.0999 e. The van der Waals surface area contributed by atoms with Crippen LogP contribution in [0.1, 0.15) is 59.8 Å². The van der Waals surface area contributed by atoms with Gasteiger partial charge in [-0.15, -0.1) is 0 Å². The monoisotopic (exact) mass is 182 g/mol. The van der Waals surface area contributed by atoms with E-state index in [1.807, 2.05) is 0 Å². The molecule has 13 heavy (non-hydrogen) atoms. The Balaban J connectivity index is 3.75. The first-order chi connectivity index (χ1) is 6.11. The summed E-state index contributed by atoms with van der Waals surface area (Å²) in [6, 6.07) is 0. The van der Waals surface area contributed by atoms with Crippen molar-refractivity contribution < 1.29 is 0 Å². The second kappa shape index (κ2) is 7.17. The topological polar surface area (TPSA) is 0 Å². The molecule has 0 heterocycles. The zero-order chi connectivity index (χ0) is 10.3. The maximum absolute atomic E-state index is 4.02. The summed E-state index contributed by atoms with van der Waals surface area (Å²) in [4.78, 5) is 0. The van der Waals surface area contributed by atoms with Gasteiger partial charge in [0.25, 0.3) is 0 Å². The first kappa shape index (κ1) is 12.7. The van der Waals surface area contributed by atoms with Crippen molar-refractivity contribution in [2.45, 2.75) is 59.8 Å². The van der Waals surface area contributed by atoms with Gasteiger partial charge in [-0.2, -0.15) is 0 Å². The molecular formula is C13H26. The van der Waals surface area contributed by atoms with Crippen LogP contribution in [0.3, 0.4) is 0 Å². The van der Waals surface area contributed by atoms with E-state index in [1.54, 1.807) is 0 Å². The molecule has 0 rings (SSSR count). The van der Waals surface area contributed by atoms with E-state index >= 15 is 0 Å². The fourth-order valence-corrected chi connectivity index (χ4v) is 1.68. The van der Waals surface area contributed by atoms with E-state index in [2.05, 4.69) is 34.3 Å². The molecule has 0 aromatic rings. The van der Waals surface area contributed by atoms with Crippen LogP contribution in [0.25, 0.3) is 0 Å². The molecule has 0 aromatic carbocycles. The smallest absolute Gasteiger partial charge is 0.0234 e. The highest BCUT2D eigenvalue weighted by Crippen LogP contribution is 2.24. The second-order valence-electron chi connectivity index (χ2n) is 4.40. The van der Waals surface area contributed by atoms with Gasteiger partial charge in [-0.25, -0.2) is 0 Å². The first-order valence-corrected chi connectivity index (χ1v) is 5.77. The Kier molecular flexibility index (Phi) is 7.03. The molecule has 0 aromatic heterocycles. The van der Waals surface area contributed by atoms with Gasteiger partial charge < -0.3 is 0 Å². The highest BCUT2D eigenvalue weighted by Gasteiger charge is 2.11. The van der Waals surface area contributed by atoms with Gasteiger partial charge in [0.1, 0.15) is 0 Å². The first-order valence-electron chi connectivity index (χ1n) is 5.77. The third kappa shape index (κ3) is 5.90. The van der Waals surface area contributed by atoms with E-state index in [9.17, 15) is 0 Å². The molecule has 0 aliphatic heterocycles. The number of rotatable bonds is 7. The molecule has 0 aliphatic rings. The average molecular weight is 182 g/mol. The summed E-state index contributed by atoms with van der Waals surface area (Å²) in [5.41, 5.74) is 1.34. The van der Waals surface area contributed by atoms with Crippen molar-refractivity contribution >= 4 is 0 Å². The fraction of sp³-hybridized carbons (Fsp3) is 0.846. The molecule has 2 unspecified atom stereocenters. The molecule has 0 saturated carbocycles. The van der Waals surface area contributed by atoms with Crippen molar-refractivity contribution in [1.29, 1.82) is 0 Å². The van der Waals surface area contributed by atoms with Gasteiger partial charge in [0.15, 0.2) is 0 Å². The van der Waals surface area contributed by atoms with Gasteiger partial charge in [0, 0.05) is 0 Å². The predicted molar refractivity (Wildman–Crippen MR) is 61.9 cm³/mol. The number of unbranched alkanes of at least 4 members (excludes halogenated alkanes) is 1. The van der Waals surface area contributed by atoms with Crippen molar-refractivity contribution in [2.24, 2.45) is 11.8 Å². The van der Waals surface area contributed by atoms with Gasteiger partial charge in [0.05, 0.1) is 0 Å². The molecule has 0 fully saturated rings. The van der Waals surface area contributed by atoms with Crippen LogP contribution in [0.2, 0.25) is 0 Å². The number of hydrogen-bond acceptors (Lipinski definition) is 0. The summed E-state index contributed by atoms with van der Waals surface area (Å²) in [6.07, 6.45) is 6.80. The standard InChI is InChI=1S/C13H26/c1-6-8-9-13(7-2)10-12(5)11(3)4/h12-13H,3,6-10H2,1-2,4-5H3. The van der Waals surface area contributed by atoms with E-state index in [4.69, 9.17) is 0 Å². The minimum Gasteiger partial charge on any atom is -0.0999 e. The summed E-state index contributed by atoms with van der Waals surface area (Å²) in [6.45, 7) is 13.1. The average Bonchev–Trinajstić information content (AvgIpc) is 2.11. The Bertz CT molecular complexity index is 135. The molecule has 0 radical (unpaired) electrons. The zero-order valence-corrected chi connectivity index (χ0v) is 9.90. The van der Waals surface area contributed by atoms with Gasteiger partial charge in [-0.3, -0.25) is 0 Å². The number of hydrogen-bond donors (Lipinski definition) is 0. The molecule has 0 N–H and O–H groups in total. The summed E-state index contributed by atoms with van der Waals surface area (Å²) in [7, 11) is 0. The molecule has 0 nitrogen and oxygen atoms in total. The van der Waals surface area contributed by atoms with Crippen LogP contribution < -0.4 is 0 Å². The molecule has 2 atom stereocenters. The van der Waals surface area contributed by atoms with E-state index in [1.165, 1.54) is 37.7 Å². The van der Waals surface area contributed by atoms with Crippen LogP contribution in [-0.4, -0.2) is 0 Å². The third-order valence-corrected chi connectivity index (χ3v) is 3.07. The lowest BCUT2D eigenvalue weighted by atomic mass is 9.87. The maximum atomic E-state index is 4.02. The van der Waals surface area contributed by atoms with Crippen molar-refractivity contribution in [3.05, 3.63) is 12.2 Å². The van der Waals surface area contributed by atoms with E-state index in [-0.39, 0.29) is 0 Å². The Labute approximate surface area is 84.4 Å². The van der Waals surface area contributed by atoms with Gasteiger partial charge in [-0.05, 0) is 25.2 Å². The van der Waals surface area contributed by atoms with E-state index in [0.29, 0.717) is 5.92 Å².